The second-order valence-corrected chi connectivity index (χ2v) is 9.72. The Bertz CT molecular complexity index is 842. The molecule has 13 heteroatoms. The molecule has 4 unspecified atom stereocenters. The van der Waals surface area contributed by atoms with Gasteiger partial charge in [0.05, 0.1) is 12.6 Å². The van der Waals surface area contributed by atoms with Crippen molar-refractivity contribution in [3.05, 3.63) is 29.8 Å². The van der Waals surface area contributed by atoms with Crippen molar-refractivity contribution in [2.24, 2.45) is 5.73 Å². The molecule has 35 heavy (non-hydrogen) atoms. The van der Waals surface area contributed by atoms with Gasteiger partial charge in [-0.3, -0.25) is 14.4 Å². The van der Waals surface area contributed by atoms with Crippen LogP contribution in [0.3, 0.4) is 0 Å². The van der Waals surface area contributed by atoms with Gasteiger partial charge in [-0.2, -0.15) is 23.5 Å². The molecule has 196 valence electrons. The van der Waals surface area contributed by atoms with Crippen LogP contribution in [-0.2, 0) is 25.6 Å². The summed E-state index contributed by atoms with van der Waals surface area (Å²) in [6.45, 7) is -0.706. The lowest BCUT2D eigenvalue weighted by Gasteiger charge is -2.24. The third kappa shape index (κ3) is 11.2. The molecular weight excluding hydrogens is 496 g/mol. The van der Waals surface area contributed by atoms with Gasteiger partial charge in [0, 0.05) is 6.42 Å². The lowest BCUT2D eigenvalue weighted by molar-refractivity contribution is -0.142. The summed E-state index contributed by atoms with van der Waals surface area (Å²) in [7, 11) is 0. The first kappa shape index (κ1) is 30.6. The number of aliphatic hydroxyl groups is 1. The Labute approximate surface area is 213 Å². The number of rotatable bonds is 16. The lowest BCUT2D eigenvalue weighted by Crippen LogP contribution is -2.58. The fourth-order valence-electron chi connectivity index (χ4n) is 2.97. The largest absolute Gasteiger partial charge is 0.508 e. The van der Waals surface area contributed by atoms with Gasteiger partial charge in [0.25, 0.3) is 0 Å². The SMILES string of the molecule is CSCCC(N)C(=O)NC(CO)C(=O)NC(CCSC)C(=O)NC(Cc1ccc(O)cc1)C(=O)O. The van der Waals surface area contributed by atoms with Crippen molar-refractivity contribution >= 4 is 47.2 Å². The first-order valence-electron chi connectivity index (χ1n) is 10.9. The van der Waals surface area contributed by atoms with E-state index in [2.05, 4.69) is 16.0 Å². The molecule has 0 heterocycles. The molecule has 0 aromatic heterocycles. The minimum absolute atomic E-state index is 0.0280. The molecule has 0 aliphatic carbocycles. The summed E-state index contributed by atoms with van der Waals surface area (Å²) >= 11 is 2.95. The minimum Gasteiger partial charge on any atom is -0.508 e. The van der Waals surface area contributed by atoms with Crippen LogP contribution in [0.1, 0.15) is 18.4 Å². The zero-order chi connectivity index (χ0) is 26.4. The van der Waals surface area contributed by atoms with Crippen LogP contribution in [0.4, 0.5) is 0 Å². The molecule has 0 aliphatic rings. The summed E-state index contributed by atoms with van der Waals surface area (Å²) in [5.41, 5.74) is 6.39. The van der Waals surface area contributed by atoms with Crippen molar-refractivity contribution in [3.8, 4) is 5.75 Å². The van der Waals surface area contributed by atoms with E-state index in [0.717, 1.165) is 0 Å². The van der Waals surface area contributed by atoms with Crippen LogP contribution < -0.4 is 21.7 Å². The van der Waals surface area contributed by atoms with Crippen LogP contribution in [0.5, 0.6) is 5.75 Å². The van der Waals surface area contributed by atoms with E-state index in [9.17, 15) is 34.5 Å². The van der Waals surface area contributed by atoms with E-state index in [0.29, 0.717) is 23.5 Å². The highest BCUT2D eigenvalue weighted by molar-refractivity contribution is 7.98. The summed E-state index contributed by atoms with van der Waals surface area (Å²) in [5.74, 6) is -2.19. The normalized spacial score (nSPS) is 14.3. The molecule has 8 N–H and O–H groups in total. The van der Waals surface area contributed by atoms with Crippen molar-refractivity contribution in [1.82, 2.24) is 16.0 Å². The number of aromatic hydroxyl groups is 1. The maximum atomic E-state index is 12.9. The molecule has 0 spiro atoms. The van der Waals surface area contributed by atoms with Crippen molar-refractivity contribution < 1.29 is 34.5 Å². The van der Waals surface area contributed by atoms with E-state index in [1.165, 1.54) is 35.7 Å². The summed E-state index contributed by atoms with van der Waals surface area (Å²) in [4.78, 5) is 49.6. The molecular formula is C22H34N4O7S2. The zero-order valence-corrected chi connectivity index (χ0v) is 21.4. The van der Waals surface area contributed by atoms with Crippen LogP contribution in [0.15, 0.2) is 24.3 Å². The van der Waals surface area contributed by atoms with Gasteiger partial charge in [0.2, 0.25) is 17.7 Å². The van der Waals surface area contributed by atoms with Gasteiger partial charge in [0.15, 0.2) is 0 Å². The molecule has 0 bridgehead atoms. The Morgan fingerprint density at radius 1 is 0.857 bits per heavy atom. The number of carbonyl (C=O) groups is 4. The van der Waals surface area contributed by atoms with Crippen LogP contribution in [0.2, 0.25) is 0 Å². The zero-order valence-electron chi connectivity index (χ0n) is 19.7. The van der Waals surface area contributed by atoms with E-state index in [1.54, 1.807) is 12.1 Å². The molecule has 0 saturated carbocycles. The number of carbonyl (C=O) groups excluding carboxylic acids is 3. The van der Waals surface area contributed by atoms with E-state index >= 15 is 0 Å². The molecule has 0 fully saturated rings. The first-order chi connectivity index (χ1) is 16.6. The summed E-state index contributed by atoms with van der Waals surface area (Å²) < 4.78 is 0. The highest BCUT2D eigenvalue weighted by Crippen LogP contribution is 2.12. The first-order valence-corrected chi connectivity index (χ1v) is 13.7. The average molecular weight is 531 g/mol. The smallest absolute Gasteiger partial charge is 0.326 e. The van der Waals surface area contributed by atoms with Crippen LogP contribution in [0, 0.1) is 0 Å². The van der Waals surface area contributed by atoms with E-state index in [1.807, 2.05) is 12.5 Å². The number of nitrogens with one attached hydrogen (secondary N) is 3. The quantitative estimate of drug-likeness (QED) is 0.144. The van der Waals surface area contributed by atoms with Crippen molar-refractivity contribution in [1.29, 1.82) is 0 Å². The van der Waals surface area contributed by atoms with Gasteiger partial charge in [-0.25, -0.2) is 4.79 Å². The number of aliphatic carboxylic acids is 1. The Morgan fingerprint density at radius 3 is 1.91 bits per heavy atom. The number of thioether (sulfide) groups is 2. The number of carboxylic acid groups (broad SMARTS) is 1. The van der Waals surface area contributed by atoms with Crippen molar-refractivity contribution in [2.75, 3.05) is 30.6 Å². The van der Waals surface area contributed by atoms with E-state index in [-0.39, 0.29) is 18.6 Å². The van der Waals surface area contributed by atoms with E-state index < -0.39 is 54.5 Å². The predicted molar refractivity (Wildman–Crippen MR) is 136 cm³/mol. The van der Waals surface area contributed by atoms with Crippen molar-refractivity contribution in [3.63, 3.8) is 0 Å². The molecule has 11 nitrogen and oxygen atoms in total. The Kier molecular flexibility index (Phi) is 14.2. The van der Waals surface area contributed by atoms with Gasteiger partial charge in [-0.1, -0.05) is 12.1 Å². The maximum absolute atomic E-state index is 12.9. The number of phenols is 1. The van der Waals surface area contributed by atoms with Gasteiger partial charge in [-0.15, -0.1) is 0 Å². The number of hydrogen-bond acceptors (Lipinski definition) is 9. The summed E-state index contributed by atoms with van der Waals surface area (Å²) in [5, 5.41) is 35.9. The maximum Gasteiger partial charge on any atom is 0.326 e. The Balaban J connectivity index is 2.87. The number of phenolic OH excluding ortho intramolecular Hbond substituents is 1. The predicted octanol–water partition coefficient (Wildman–Crippen LogP) is -0.700. The number of nitrogens with two attached hydrogens (primary N) is 1. The average Bonchev–Trinajstić information content (AvgIpc) is 2.83. The van der Waals surface area contributed by atoms with Gasteiger partial charge in [-0.05, 0) is 54.6 Å². The molecule has 0 radical (unpaired) electrons. The standard InChI is InChI=1S/C22H34N4O7S2/c1-34-9-7-15(23)19(29)26-18(12-27)21(31)24-16(8-10-35-2)20(30)25-17(22(32)33)11-13-3-5-14(28)6-4-13/h3-6,15-18,27-28H,7-12,23H2,1-2H3,(H,24,31)(H,25,30)(H,26,29)(H,32,33). The Morgan fingerprint density at radius 2 is 1.37 bits per heavy atom. The fraction of sp³-hybridized carbons (Fsp3) is 0.545. The number of carboxylic acids is 1. The van der Waals surface area contributed by atoms with Crippen molar-refractivity contribution in [2.45, 2.75) is 43.4 Å². The molecule has 3 amide bonds. The summed E-state index contributed by atoms with van der Waals surface area (Å²) in [6, 6.07) is 1.37. The lowest BCUT2D eigenvalue weighted by atomic mass is 10.0. The number of aliphatic hydroxyl groups excluding tert-OH is 1. The second kappa shape index (κ2) is 16.2. The fourth-order valence-corrected chi connectivity index (χ4v) is 3.93. The molecule has 4 atom stereocenters. The Hall–Kier alpha value is -2.48. The van der Waals surface area contributed by atoms with Gasteiger partial charge in [0.1, 0.15) is 23.9 Å². The van der Waals surface area contributed by atoms with Crippen LogP contribution >= 0.6 is 23.5 Å². The molecule has 1 rings (SSSR count). The third-order valence-corrected chi connectivity index (χ3v) is 6.31. The molecule has 1 aromatic carbocycles. The number of benzene rings is 1. The van der Waals surface area contributed by atoms with Crippen LogP contribution in [-0.4, -0.2) is 93.8 Å². The minimum atomic E-state index is -1.32. The number of amides is 3. The third-order valence-electron chi connectivity index (χ3n) is 5.02. The highest BCUT2D eigenvalue weighted by atomic mass is 32.2. The molecule has 0 aliphatic heterocycles. The molecule has 0 saturated heterocycles. The van der Waals surface area contributed by atoms with Gasteiger partial charge >= 0.3 is 5.97 Å². The second-order valence-electron chi connectivity index (χ2n) is 7.74. The van der Waals surface area contributed by atoms with E-state index in [4.69, 9.17) is 5.73 Å². The monoisotopic (exact) mass is 530 g/mol. The number of hydrogen-bond donors (Lipinski definition) is 7. The molecule has 1 aromatic rings. The van der Waals surface area contributed by atoms with Gasteiger partial charge < -0.3 is 37.0 Å². The highest BCUT2D eigenvalue weighted by Gasteiger charge is 2.30. The summed E-state index contributed by atoms with van der Waals surface area (Å²) in [6.07, 6.45) is 4.24. The topological polar surface area (TPSA) is 191 Å². The van der Waals surface area contributed by atoms with Crippen LogP contribution in [0.25, 0.3) is 0 Å².